The van der Waals surface area contributed by atoms with Crippen LogP contribution in [0.1, 0.15) is 18.5 Å². The Morgan fingerprint density at radius 3 is 2.65 bits per heavy atom. The van der Waals surface area contributed by atoms with Gasteiger partial charge < -0.3 is 10.2 Å². The molecule has 2 atom stereocenters. The number of piperazine rings is 1. The summed E-state index contributed by atoms with van der Waals surface area (Å²) in [7, 11) is 0. The standard InChI is InChI=1S/C17H19IN2/c1-13-12-20(16-9-5-8-15(18)10-16)17(11-19-13)14-6-3-2-4-7-14/h2-10,13,17,19H,11-12H2,1H3. The predicted molar refractivity (Wildman–Crippen MR) is 93.2 cm³/mol. The molecule has 2 nitrogen and oxygen atoms in total. The molecule has 1 aliphatic heterocycles. The highest BCUT2D eigenvalue weighted by Gasteiger charge is 2.27. The van der Waals surface area contributed by atoms with Crippen molar-refractivity contribution in [1.82, 2.24) is 5.32 Å². The third kappa shape index (κ3) is 2.99. The monoisotopic (exact) mass is 378 g/mol. The van der Waals surface area contributed by atoms with Crippen LogP contribution in [-0.2, 0) is 0 Å². The summed E-state index contributed by atoms with van der Waals surface area (Å²) in [6, 6.07) is 20.5. The summed E-state index contributed by atoms with van der Waals surface area (Å²) in [4.78, 5) is 2.53. The SMILES string of the molecule is CC1CN(c2cccc(I)c2)C(c2ccccc2)CN1. The third-order valence-corrected chi connectivity index (χ3v) is 4.50. The molecule has 1 saturated heterocycles. The molecular weight excluding hydrogens is 359 g/mol. The Hall–Kier alpha value is -1.07. The summed E-state index contributed by atoms with van der Waals surface area (Å²) in [6.07, 6.45) is 0. The molecule has 0 saturated carbocycles. The molecule has 3 heteroatoms. The highest BCUT2D eigenvalue weighted by Crippen LogP contribution is 2.30. The Balaban J connectivity index is 1.95. The summed E-state index contributed by atoms with van der Waals surface area (Å²) in [6.45, 7) is 4.29. The van der Waals surface area contributed by atoms with E-state index < -0.39 is 0 Å². The molecular formula is C17H19IN2. The number of halogens is 1. The summed E-state index contributed by atoms with van der Waals surface area (Å²) in [5.74, 6) is 0. The molecule has 1 heterocycles. The van der Waals surface area contributed by atoms with Crippen LogP contribution in [0, 0.1) is 3.57 Å². The van der Waals surface area contributed by atoms with E-state index in [4.69, 9.17) is 0 Å². The number of hydrogen-bond donors (Lipinski definition) is 1. The first-order valence-electron chi connectivity index (χ1n) is 7.04. The summed E-state index contributed by atoms with van der Waals surface area (Å²) in [5, 5.41) is 3.60. The molecule has 0 radical (unpaired) electrons. The van der Waals surface area contributed by atoms with E-state index in [0.29, 0.717) is 12.1 Å². The fraction of sp³-hybridized carbons (Fsp3) is 0.294. The van der Waals surface area contributed by atoms with E-state index in [0.717, 1.165) is 13.1 Å². The molecule has 0 bridgehead atoms. The maximum Gasteiger partial charge on any atom is 0.0667 e. The van der Waals surface area contributed by atoms with Crippen molar-refractivity contribution in [1.29, 1.82) is 0 Å². The average molecular weight is 378 g/mol. The second-order valence-electron chi connectivity index (χ2n) is 5.37. The van der Waals surface area contributed by atoms with Crippen LogP contribution in [0.2, 0.25) is 0 Å². The number of hydrogen-bond acceptors (Lipinski definition) is 2. The molecule has 2 aromatic carbocycles. The Labute approximate surface area is 134 Å². The van der Waals surface area contributed by atoms with E-state index in [2.05, 4.69) is 94.3 Å². The molecule has 1 fully saturated rings. The van der Waals surface area contributed by atoms with Gasteiger partial charge in [0.05, 0.1) is 6.04 Å². The average Bonchev–Trinajstić information content (AvgIpc) is 2.48. The molecule has 20 heavy (non-hydrogen) atoms. The smallest absolute Gasteiger partial charge is 0.0667 e. The van der Waals surface area contributed by atoms with Crippen LogP contribution in [0.15, 0.2) is 54.6 Å². The van der Waals surface area contributed by atoms with Gasteiger partial charge >= 0.3 is 0 Å². The molecule has 2 aromatic rings. The van der Waals surface area contributed by atoms with Gasteiger partial charge in [-0.25, -0.2) is 0 Å². The lowest BCUT2D eigenvalue weighted by atomic mass is 10.0. The van der Waals surface area contributed by atoms with Crippen molar-refractivity contribution >= 4 is 28.3 Å². The van der Waals surface area contributed by atoms with E-state index in [1.165, 1.54) is 14.8 Å². The molecule has 1 N–H and O–H groups in total. The zero-order valence-electron chi connectivity index (χ0n) is 11.6. The first kappa shape index (κ1) is 13.9. The molecule has 0 amide bonds. The maximum absolute atomic E-state index is 3.60. The highest BCUT2D eigenvalue weighted by molar-refractivity contribution is 14.1. The molecule has 0 spiro atoms. The maximum atomic E-state index is 3.60. The third-order valence-electron chi connectivity index (χ3n) is 3.83. The van der Waals surface area contributed by atoms with Crippen LogP contribution >= 0.6 is 22.6 Å². The van der Waals surface area contributed by atoms with Gasteiger partial charge in [-0.3, -0.25) is 0 Å². The van der Waals surface area contributed by atoms with Crippen molar-refractivity contribution in [3.05, 3.63) is 63.7 Å². The molecule has 2 unspecified atom stereocenters. The van der Waals surface area contributed by atoms with Crippen LogP contribution in [-0.4, -0.2) is 19.1 Å². The van der Waals surface area contributed by atoms with Gasteiger partial charge in [0, 0.05) is 28.4 Å². The minimum absolute atomic E-state index is 0.408. The molecule has 3 rings (SSSR count). The second-order valence-corrected chi connectivity index (χ2v) is 6.61. The first-order valence-corrected chi connectivity index (χ1v) is 8.12. The Morgan fingerprint density at radius 2 is 1.90 bits per heavy atom. The molecule has 0 aliphatic carbocycles. The number of nitrogens with one attached hydrogen (secondary N) is 1. The Morgan fingerprint density at radius 1 is 1.10 bits per heavy atom. The number of benzene rings is 2. The lowest BCUT2D eigenvalue weighted by molar-refractivity contribution is 0.416. The zero-order chi connectivity index (χ0) is 13.9. The zero-order valence-corrected chi connectivity index (χ0v) is 13.7. The Kier molecular flexibility index (Phi) is 4.27. The lowest BCUT2D eigenvalue weighted by Crippen LogP contribution is -2.51. The van der Waals surface area contributed by atoms with Gasteiger partial charge in [-0.2, -0.15) is 0 Å². The van der Waals surface area contributed by atoms with Gasteiger partial charge in [0.2, 0.25) is 0 Å². The van der Waals surface area contributed by atoms with Crippen LogP contribution < -0.4 is 10.2 Å². The van der Waals surface area contributed by atoms with Gasteiger partial charge in [0.15, 0.2) is 0 Å². The van der Waals surface area contributed by atoms with Gasteiger partial charge in [-0.1, -0.05) is 36.4 Å². The van der Waals surface area contributed by atoms with Crippen LogP contribution in [0.25, 0.3) is 0 Å². The van der Waals surface area contributed by atoms with Crippen LogP contribution in [0.3, 0.4) is 0 Å². The second kappa shape index (κ2) is 6.14. The molecule has 104 valence electrons. The van der Waals surface area contributed by atoms with Gasteiger partial charge in [0.1, 0.15) is 0 Å². The van der Waals surface area contributed by atoms with E-state index >= 15 is 0 Å². The topological polar surface area (TPSA) is 15.3 Å². The number of anilines is 1. The highest BCUT2D eigenvalue weighted by atomic mass is 127. The van der Waals surface area contributed by atoms with E-state index in [1.807, 2.05) is 0 Å². The minimum Gasteiger partial charge on any atom is -0.362 e. The van der Waals surface area contributed by atoms with Gasteiger partial charge in [-0.15, -0.1) is 0 Å². The summed E-state index contributed by atoms with van der Waals surface area (Å²) < 4.78 is 1.29. The lowest BCUT2D eigenvalue weighted by Gasteiger charge is -2.41. The van der Waals surface area contributed by atoms with Gasteiger partial charge in [0.25, 0.3) is 0 Å². The van der Waals surface area contributed by atoms with Crippen LogP contribution in [0.5, 0.6) is 0 Å². The minimum atomic E-state index is 0.408. The van der Waals surface area contributed by atoms with Crippen molar-refractivity contribution < 1.29 is 0 Å². The normalized spacial score (nSPS) is 22.8. The summed E-state index contributed by atoms with van der Waals surface area (Å²) >= 11 is 2.39. The fourth-order valence-electron chi connectivity index (χ4n) is 2.82. The molecule has 0 aromatic heterocycles. The van der Waals surface area contributed by atoms with Crippen molar-refractivity contribution in [2.45, 2.75) is 19.0 Å². The van der Waals surface area contributed by atoms with Crippen molar-refractivity contribution in [3.63, 3.8) is 0 Å². The number of nitrogens with zero attached hydrogens (tertiary/aromatic N) is 1. The van der Waals surface area contributed by atoms with E-state index in [-0.39, 0.29) is 0 Å². The van der Waals surface area contributed by atoms with E-state index in [9.17, 15) is 0 Å². The largest absolute Gasteiger partial charge is 0.362 e. The summed E-state index contributed by atoms with van der Waals surface area (Å²) in [5.41, 5.74) is 2.70. The first-order chi connectivity index (χ1) is 9.74. The Bertz CT molecular complexity index is 570. The van der Waals surface area contributed by atoms with Crippen molar-refractivity contribution in [2.75, 3.05) is 18.0 Å². The van der Waals surface area contributed by atoms with Gasteiger partial charge in [-0.05, 0) is 53.3 Å². The van der Waals surface area contributed by atoms with Crippen LogP contribution in [0.4, 0.5) is 5.69 Å². The van der Waals surface area contributed by atoms with Crippen molar-refractivity contribution in [3.8, 4) is 0 Å². The molecule has 1 aliphatic rings. The van der Waals surface area contributed by atoms with E-state index in [1.54, 1.807) is 0 Å². The van der Waals surface area contributed by atoms with Crippen molar-refractivity contribution in [2.24, 2.45) is 0 Å². The quantitative estimate of drug-likeness (QED) is 0.800. The predicted octanol–water partition coefficient (Wildman–Crippen LogP) is 3.83. The number of rotatable bonds is 2. The fourth-order valence-corrected chi connectivity index (χ4v) is 3.35.